The van der Waals surface area contributed by atoms with Crippen molar-refractivity contribution < 1.29 is 23.5 Å². The number of furan rings is 1. The van der Waals surface area contributed by atoms with Crippen molar-refractivity contribution in [1.29, 1.82) is 0 Å². The Morgan fingerprint density at radius 3 is 2.42 bits per heavy atom. The molecule has 0 bridgehead atoms. The van der Waals surface area contributed by atoms with E-state index >= 15 is 0 Å². The summed E-state index contributed by atoms with van der Waals surface area (Å²) in [6.45, 7) is 0. The van der Waals surface area contributed by atoms with Crippen LogP contribution in [-0.4, -0.2) is 29.8 Å². The van der Waals surface area contributed by atoms with Gasteiger partial charge in [-0.1, -0.05) is 60.1 Å². The second kappa shape index (κ2) is 9.71. The van der Waals surface area contributed by atoms with Gasteiger partial charge in [0.25, 0.3) is 11.8 Å². The Bertz CT molecular complexity index is 1420. The summed E-state index contributed by atoms with van der Waals surface area (Å²) in [5.74, 6) is -1.64. The molecule has 1 aliphatic heterocycles. The van der Waals surface area contributed by atoms with Crippen molar-refractivity contribution in [2.75, 3.05) is 12.4 Å². The SMILES string of the molecule is COC(=O)C(c1ccccc1)N1C(=O)c2cc(-c3ccoc3)ccc2NC(=O)C1c1ccc(Cl)cc1. The Hall–Kier alpha value is -4.36. The van der Waals surface area contributed by atoms with Gasteiger partial charge in [-0.2, -0.15) is 0 Å². The maximum Gasteiger partial charge on any atom is 0.333 e. The molecular weight excluding hydrogens is 480 g/mol. The minimum absolute atomic E-state index is 0.239. The van der Waals surface area contributed by atoms with Gasteiger partial charge in [-0.15, -0.1) is 0 Å². The molecule has 0 aliphatic carbocycles. The molecule has 0 fully saturated rings. The van der Waals surface area contributed by atoms with Gasteiger partial charge >= 0.3 is 5.97 Å². The lowest BCUT2D eigenvalue weighted by Gasteiger charge is -2.35. The number of fused-ring (bicyclic) bond motifs is 1. The number of carbonyl (C=O) groups is 3. The van der Waals surface area contributed by atoms with Crippen molar-refractivity contribution in [1.82, 2.24) is 4.90 Å². The quantitative estimate of drug-likeness (QED) is 0.358. The van der Waals surface area contributed by atoms with E-state index in [1.807, 2.05) is 0 Å². The zero-order valence-electron chi connectivity index (χ0n) is 19.2. The van der Waals surface area contributed by atoms with Crippen molar-refractivity contribution in [2.24, 2.45) is 0 Å². The topological polar surface area (TPSA) is 88.8 Å². The Balaban J connectivity index is 1.73. The summed E-state index contributed by atoms with van der Waals surface area (Å²) in [5.41, 5.74) is 3.09. The lowest BCUT2D eigenvalue weighted by Crippen LogP contribution is -2.44. The first-order valence-electron chi connectivity index (χ1n) is 11.2. The first-order chi connectivity index (χ1) is 17.5. The predicted octanol–water partition coefficient (Wildman–Crippen LogP) is 5.65. The van der Waals surface area contributed by atoms with Crippen LogP contribution in [0.25, 0.3) is 11.1 Å². The summed E-state index contributed by atoms with van der Waals surface area (Å²) in [6.07, 6.45) is 3.10. The molecule has 0 spiro atoms. The first-order valence-corrected chi connectivity index (χ1v) is 11.5. The third kappa shape index (κ3) is 4.25. The summed E-state index contributed by atoms with van der Waals surface area (Å²) in [5, 5.41) is 3.35. The number of esters is 1. The number of benzene rings is 3. The third-order valence-electron chi connectivity index (χ3n) is 6.13. The van der Waals surface area contributed by atoms with Crippen LogP contribution in [0.15, 0.2) is 95.8 Å². The number of nitrogens with one attached hydrogen (secondary N) is 1. The van der Waals surface area contributed by atoms with Gasteiger partial charge in [0.05, 0.1) is 30.9 Å². The number of hydrogen-bond acceptors (Lipinski definition) is 5. The van der Waals surface area contributed by atoms with Crippen LogP contribution in [0.5, 0.6) is 0 Å². The largest absolute Gasteiger partial charge is 0.472 e. The molecule has 1 aliphatic rings. The van der Waals surface area contributed by atoms with Crippen molar-refractivity contribution in [3.63, 3.8) is 0 Å². The van der Waals surface area contributed by atoms with Gasteiger partial charge in [-0.05, 0) is 47.0 Å². The highest BCUT2D eigenvalue weighted by Gasteiger charge is 2.44. The van der Waals surface area contributed by atoms with E-state index in [0.717, 1.165) is 11.1 Å². The van der Waals surface area contributed by atoms with Crippen LogP contribution in [-0.2, 0) is 14.3 Å². The van der Waals surface area contributed by atoms with E-state index in [2.05, 4.69) is 5.32 Å². The fourth-order valence-corrected chi connectivity index (χ4v) is 4.53. The average molecular weight is 501 g/mol. The van der Waals surface area contributed by atoms with Gasteiger partial charge in [0, 0.05) is 10.6 Å². The van der Waals surface area contributed by atoms with Gasteiger partial charge in [-0.25, -0.2) is 4.79 Å². The molecule has 1 aromatic heterocycles. The van der Waals surface area contributed by atoms with Crippen molar-refractivity contribution in [2.45, 2.75) is 12.1 Å². The number of hydrogen-bond donors (Lipinski definition) is 1. The summed E-state index contributed by atoms with van der Waals surface area (Å²) in [6, 6.07) is 20.0. The molecule has 2 heterocycles. The number of rotatable bonds is 5. The molecule has 0 radical (unpaired) electrons. The van der Waals surface area contributed by atoms with Crippen molar-refractivity contribution >= 4 is 35.1 Å². The van der Waals surface area contributed by atoms with Crippen molar-refractivity contribution in [3.8, 4) is 11.1 Å². The minimum Gasteiger partial charge on any atom is -0.472 e. The molecule has 7 nitrogen and oxygen atoms in total. The summed E-state index contributed by atoms with van der Waals surface area (Å²) >= 11 is 6.09. The Morgan fingerprint density at radius 2 is 1.75 bits per heavy atom. The number of anilines is 1. The smallest absolute Gasteiger partial charge is 0.333 e. The fraction of sp³-hybridized carbons (Fsp3) is 0.107. The number of carbonyl (C=O) groups excluding carboxylic acids is 3. The molecule has 4 aromatic rings. The molecule has 5 rings (SSSR count). The van der Waals surface area contributed by atoms with E-state index in [9.17, 15) is 14.4 Å². The van der Waals surface area contributed by atoms with Gasteiger partial charge in [0.1, 0.15) is 6.04 Å². The van der Waals surface area contributed by atoms with E-state index in [1.165, 1.54) is 18.3 Å². The van der Waals surface area contributed by atoms with E-state index in [1.54, 1.807) is 85.1 Å². The normalized spacial score (nSPS) is 16.1. The molecule has 0 saturated carbocycles. The van der Waals surface area contributed by atoms with E-state index in [-0.39, 0.29) is 5.56 Å². The summed E-state index contributed by atoms with van der Waals surface area (Å²) < 4.78 is 10.3. The second-order valence-electron chi connectivity index (χ2n) is 8.26. The number of nitrogens with zero attached hydrogens (tertiary/aromatic N) is 1. The summed E-state index contributed by atoms with van der Waals surface area (Å²) in [4.78, 5) is 42.4. The molecule has 2 unspecified atom stereocenters. The number of methoxy groups -OCH3 is 1. The number of halogens is 1. The maximum atomic E-state index is 14.3. The zero-order chi connectivity index (χ0) is 25.2. The van der Waals surface area contributed by atoms with E-state index in [0.29, 0.717) is 21.8 Å². The standard InChI is InChI=1S/C28H21ClN2O5/c1-35-28(34)25(17-5-3-2-4-6-17)31-24(18-7-10-21(29)11-8-18)26(32)30-23-12-9-19(15-22(23)27(31)33)20-13-14-36-16-20/h2-16,24-25H,1H3,(H,30,32). The zero-order valence-corrected chi connectivity index (χ0v) is 19.9. The lowest BCUT2D eigenvalue weighted by atomic mass is 9.97. The first kappa shape index (κ1) is 23.4. The van der Waals surface area contributed by atoms with Crippen LogP contribution in [0.3, 0.4) is 0 Å². The monoisotopic (exact) mass is 500 g/mol. The van der Waals surface area contributed by atoms with Gasteiger partial charge in [0.2, 0.25) is 0 Å². The van der Waals surface area contributed by atoms with E-state index in [4.69, 9.17) is 20.8 Å². The average Bonchev–Trinajstić information content (AvgIpc) is 3.41. The van der Waals surface area contributed by atoms with Crippen LogP contribution in [0.1, 0.15) is 33.6 Å². The molecule has 2 amide bonds. The third-order valence-corrected chi connectivity index (χ3v) is 6.38. The number of amides is 2. The molecule has 2 atom stereocenters. The highest BCUT2D eigenvalue weighted by Crippen LogP contribution is 2.39. The maximum absolute atomic E-state index is 14.3. The lowest BCUT2D eigenvalue weighted by molar-refractivity contribution is -0.147. The second-order valence-corrected chi connectivity index (χ2v) is 8.70. The Kier molecular flexibility index (Phi) is 6.31. The molecule has 180 valence electrons. The molecule has 8 heteroatoms. The summed E-state index contributed by atoms with van der Waals surface area (Å²) in [7, 11) is 1.25. The molecule has 36 heavy (non-hydrogen) atoms. The molecule has 3 aromatic carbocycles. The van der Waals surface area contributed by atoms with Crippen LogP contribution in [0, 0.1) is 0 Å². The highest BCUT2D eigenvalue weighted by atomic mass is 35.5. The Labute approximate surface area is 212 Å². The van der Waals surface area contributed by atoms with Gasteiger partial charge < -0.3 is 19.4 Å². The molecule has 0 saturated heterocycles. The van der Waals surface area contributed by atoms with Gasteiger partial charge in [-0.3, -0.25) is 9.59 Å². The predicted molar refractivity (Wildman–Crippen MR) is 134 cm³/mol. The highest BCUT2D eigenvalue weighted by molar-refractivity contribution is 6.30. The van der Waals surface area contributed by atoms with Crippen LogP contribution < -0.4 is 5.32 Å². The van der Waals surface area contributed by atoms with Gasteiger partial charge in [0.15, 0.2) is 6.04 Å². The fourth-order valence-electron chi connectivity index (χ4n) is 4.40. The van der Waals surface area contributed by atoms with Crippen molar-refractivity contribution in [3.05, 3.63) is 113 Å². The van der Waals surface area contributed by atoms with Crippen LogP contribution >= 0.6 is 11.6 Å². The Morgan fingerprint density at radius 1 is 1.00 bits per heavy atom. The molecular formula is C28H21ClN2O5. The number of ether oxygens (including phenoxy) is 1. The molecule has 1 N–H and O–H groups in total. The minimum atomic E-state index is -1.18. The van der Waals surface area contributed by atoms with E-state index < -0.39 is 29.9 Å². The van der Waals surface area contributed by atoms with Crippen LogP contribution in [0.4, 0.5) is 5.69 Å². The van der Waals surface area contributed by atoms with Crippen LogP contribution in [0.2, 0.25) is 5.02 Å².